The Morgan fingerprint density at radius 3 is 2.23 bits per heavy atom. The van der Waals surface area contributed by atoms with Crippen LogP contribution in [-0.4, -0.2) is 25.0 Å². The highest BCUT2D eigenvalue weighted by molar-refractivity contribution is 9.11. The molecule has 3 aromatic rings. The molecule has 3 aromatic carbocycles. The van der Waals surface area contributed by atoms with Crippen molar-refractivity contribution in [1.29, 1.82) is 0 Å². The fraction of sp³-hybridized carbons (Fsp3) is 0.182. The van der Waals surface area contributed by atoms with Crippen molar-refractivity contribution in [3.8, 4) is 11.5 Å². The van der Waals surface area contributed by atoms with Gasteiger partial charge in [-0.3, -0.25) is 20.4 Å². The molecule has 0 unspecified atom stereocenters. The van der Waals surface area contributed by atoms with E-state index in [4.69, 9.17) is 9.47 Å². The topological polar surface area (TPSA) is 76.7 Å². The summed E-state index contributed by atoms with van der Waals surface area (Å²) < 4.78 is 12.7. The molecule has 0 aliphatic carbocycles. The van der Waals surface area contributed by atoms with Gasteiger partial charge in [0.1, 0.15) is 11.5 Å². The van der Waals surface area contributed by atoms with Gasteiger partial charge in [0, 0.05) is 4.47 Å². The maximum atomic E-state index is 12.0. The normalized spacial score (nSPS) is 10.5. The maximum Gasteiger partial charge on any atom is 0.276 e. The third-order valence-corrected chi connectivity index (χ3v) is 5.74. The van der Waals surface area contributed by atoms with Gasteiger partial charge in [0.15, 0.2) is 13.2 Å². The fourth-order valence-electron chi connectivity index (χ4n) is 2.66. The highest BCUT2D eigenvalue weighted by atomic mass is 79.9. The summed E-state index contributed by atoms with van der Waals surface area (Å²) in [6.45, 7) is 3.50. The van der Waals surface area contributed by atoms with Crippen LogP contribution in [0.5, 0.6) is 11.5 Å². The summed E-state index contributed by atoms with van der Waals surface area (Å²) in [5.41, 5.74) is 6.83. The molecule has 2 amide bonds. The van der Waals surface area contributed by atoms with Gasteiger partial charge in [-0.1, -0.05) is 34.1 Å². The molecule has 0 aliphatic rings. The lowest BCUT2D eigenvalue weighted by Gasteiger charge is -2.12. The van der Waals surface area contributed by atoms with Crippen LogP contribution in [-0.2, 0) is 9.59 Å². The average molecular weight is 536 g/mol. The molecule has 156 valence electrons. The van der Waals surface area contributed by atoms with Crippen molar-refractivity contribution >= 4 is 54.4 Å². The molecule has 8 heteroatoms. The Labute approximate surface area is 191 Å². The average Bonchev–Trinajstić information content (AvgIpc) is 2.72. The van der Waals surface area contributed by atoms with Gasteiger partial charge >= 0.3 is 0 Å². The summed E-state index contributed by atoms with van der Waals surface area (Å²) in [6.07, 6.45) is 0. The molecule has 0 atom stereocenters. The lowest BCUT2D eigenvalue weighted by molar-refractivity contribution is -0.131. The minimum atomic E-state index is -0.489. The van der Waals surface area contributed by atoms with Gasteiger partial charge in [0.2, 0.25) is 0 Å². The molecule has 0 aliphatic heterocycles. The zero-order valence-electron chi connectivity index (χ0n) is 16.4. The molecule has 3 rings (SSSR count). The standard InChI is InChI=1S/C22H20Br2N2O4/c1-13-3-6-17(9-14(13)2)29-11-20(27)25-26-21(28)12-30-19-8-4-15-10-16(23)5-7-18(15)22(19)24/h3-10H,11-12H2,1-2H3,(H,25,27)(H,26,28). The van der Waals surface area contributed by atoms with Crippen molar-refractivity contribution in [3.05, 3.63) is 68.6 Å². The SMILES string of the molecule is Cc1ccc(OCC(=O)NNC(=O)COc2ccc3cc(Br)ccc3c2Br)cc1C. The lowest BCUT2D eigenvalue weighted by Crippen LogP contribution is -2.45. The number of halogens is 2. The molecule has 0 fully saturated rings. The quantitative estimate of drug-likeness (QED) is 0.453. The van der Waals surface area contributed by atoms with Gasteiger partial charge < -0.3 is 9.47 Å². The minimum Gasteiger partial charge on any atom is -0.484 e. The van der Waals surface area contributed by atoms with Gasteiger partial charge in [-0.25, -0.2) is 0 Å². The molecule has 2 N–H and O–H groups in total. The van der Waals surface area contributed by atoms with E-state index < -0.39 is 11.8 Å². The second-order valence-corrected chi connectivity index (χ2v) is 8.37. The first-order valence-electron chi connectivity index (χ1n) is 9.12. The second-order valence-electron chi connectivity index (χ2n) is 6.66. The van der Waals surface area contributed by atoms with E-state index in [0.29, 0.717) is 11.5 Å². The lowest BCUT2D eigenvalue weighted by atomic mass is 10.1. The number of ether oxygens (including phenoxy) is 2. The third-order valence-electron chi connectivity index (χ3n) is 4.43. The number of carbonyl (C=O) groups is 2. The number of amides is 2. The first kappa shape index (κ1) is 22.1. The monoisotopic (exact) mass is 534 g/mol. The Kier molecular flexibility index (Phi) is 7.33. The summed E-state index contributed by atoms with van der Waals surface area (Å²) in [5.74, 6) is 0.164. The summed E-state index contributed by atoms with van der Waals surface area (Å²) in [6, 6.07) is 15.1. The zero-order valence-corrected chi connectivity index (χ0v) is 19.6. The predicted molar refractivity (Wildman–Crippen MR) is 123 cm³/mol. The van der Waals surface area contributed by atoms with Crippen LogP contribution in [0.3, 0.4) is 0 Å². The van der Waals surface area contributed by atoms with E-state index in [1.807, 2.05) is 50.2 Å². The van der Waals surface area contributed by atoms with Crippen LogP contribution in [0, 0.1) is 13.8 Å². The molecule has 0 saturated heterocycles. The van der Waals surface area contributed by atoms with E-state index in [1.165, 1.54) is 0 Å². The van der Waals surface area contributed by atoms with E-state index in [1.54, 1.807) is 12.1 Å². The molecule has 0 radical (unpaired) electrons. The van der Waals surface area contributed by atoms with E-state index in [0.717, 1.165) is 30.8 Å². The number of fused-ring (bicyclic) bond motifs is 1. The first-order chi connectivity index (χ1) is 14.3. The van der Waals surface area contributed by atoms with E-state index in [9.17, 15) is 9.59 Å². The van der Waals surface area contributed by atoms with Gasteiger partial charge in [-0.05, 0) is 82.0 Å². The number of aryl methyl sites for hydroxylation is 2. The molecular weight excluding hydrogens is 516 g/mol. The van der Waals surface area contributed by atoms with E-state index in [-0.39, 0.29) is 13.2 Å². The van der Waals surface area contributed by atoms with E-state index in [2.05, 4.69) is 42.7 Å². The number of benzene rings is 3. The van der Waals surface area contributed by atoms with Crippen LogP contribution in [0.2, 0.25) is 0 Å². The Bertz CT molecular complexity index is 1100. The largest absolute Gasteiger partial charge is 0.484 e. The predicted octanol–water partition coefficient (Wildman–Crippen LogP) is 4.59. The van der Waals surface area contributed by atoms with Gasteiger partial charge in [-0.2, -0.15) is 0 Å². The molecule has 0 heterocycles. The molecule has 6 nitrogen and oxygen atoms in total. The summed E-state index contributed by atoms with van der Waals surface area (Å²) in [4.78, 5) is 23.9. The number of carbonyl (C=O) groups excluding carboxylic acids is 2. The third kappa shape index (κ3) is 5.73. The van der Waals surface area contributed by atoms with Crippen LogP contribution in [0.25, 0.3) is 10.8 Å². The van der Waals surface area contributed by atoms with Crippen molar-refractivity contribution in [3.63, 3.8) is 0 Å². The zero-order chi connectivity index (χ0) is 21.7. The van der Waals surface area contributed by atoms with Crippen molar-refractivity contribution in [2.45, 2.75) is 13.8 Å². The Morgan fingerprint density at radius 1 is 0.833 bits per heavy atom. The Morgan fingerprint density at radius 2 is 1.53 bits per heavy atom. The van der Waals surface area contributed by atoms with Gasteiger partial charge in [0.05, 0.1) is 4.47 Å². The van der Waals surface area contributed by atoms with Crippen molar-refractivity contribution < 1.29 is 19.1 Å². The van der Waals surface area contributed by atoms with Crippen LogP contribution in [0.4, 0.5) is 0 Å². The molecule has 0 aromatic heterocycles. The van der Waals surface area contributed by atoms with Crippen LogP contribution >= 0.6 is 31.9 Å². The van der Waals surface area contributed by atoms with Crippen LogP contribution in [0.15, 0.2) is 57.5 Å². The smallest absolute Gasteiger partial charge is 0.276 e. The van der Waals surface area contributed by atoms with E-state index >= 15 is 0 Å². The Balaban J connectivity index is 1.46. The fourth-order valence-corrected chi connectivity index (χ4v) is 3.65. The molecule has 30 heavy (non-hydrogen) atoms. The first-order valence-corrected chi connectivity index (χ1v) is 10.7. The van der Waals surface area contributed by atoms with Crippen molar-refractivity contribution in [1.82, 2.24) is 10.9 Å². The highest BCUT2D eigenvalue weighted by Crippen LogP contribution is 2.34. The maximum absolute atomic E-state index is 12.0. The summed E-state index contributed by atoms with van der Waals surface area (Å²) >= 11 is 6.95. The van der Waals surface area contributed by atoms with Crippen LogP contribution < -0.4 is 20.3 Å². The number of hydrazine groups is 1. The van der Waals surface area contributed by atoms with Crippen LogP contribution in [0.1, 0.15) is 11.1 Å². The summed E-state index contributed by atoms with van der Waals surface area (Å²) in [5, 5.41) is 2.00. The second kappa shape index (κ2) is 9.95. The number of rotatable bonds is 6. The molecule has 0 bridgehead atoms. The molecule has 0 saturated carbocycles. The molecular formula is C22H20Br2N2O4. The van der Waals surface area contributed by atoms with Gasteiger partial charge in [-0.15, -0.1) is 0 Å². The van der Waals surface area contributed by atoms with Gasteiger partial charge in [0.25, 0.3) is 11.8 Å². The Hall–Kier alpha value is -2.58. The number of hydrogen-bond acceptors (Lipinski definition) is 4. The minimum absolute atomic E-state index is 0.213. The highest BCUT2D eigenvalue weighted by Gasteiger charge is 2.10. The molecule has 0 spiro atoms. The van der Waals surface area contributed by atoms with Crippen molar-refractivity contribution in [2.24, 2.45) is 0 Å². The number of nitrogens with one attached hydrogen (secondary N) is 2. The van der Waals surface area contributed by atoms with Crippen molar-refractivity contribution in [2.75, 3.05) is 13.2 Å². The number of hydrogen-bond donors (Lipinski definition) is 2. The summed E-state index contributed by atoms with van der Waals surface area (Å²) in [7, 11) is 0.